The van der Waals surface area contributed by atoms with Crippen LogP contribution in [-0.4, -0.2) is 33.6 Å². The van der Waals surface area contributed by atoms with Crippen LogP contribution < -0.4 is 10.4 Å². The number of nitrogens with zero attached hydrogens (tertiary/aromatic N) is 1. The number of hydrogen-bond donors (Lipinski definition) is 0. The molecule has 0 spiro atoms. The molecule has 0 aliphatic heterocycles. The molecule has 110 valence electrons. The van der Waals surface area contributed by atoms with Crippen LogP contribution in [0.5, 0.6) is 0 Å². The van der Waals surface area contributed by atoms with Crippen molar-refractivity contribution in [2.75, 3.05) is 20.6 Å². The van der Waals surface area contributed by atoms with E-state index in [0.717, 1.165) is 6.54 Å². The maximum Gasteiger partial charge on any atom is 0.140 e. The number of hydrogen-bond acceptors (Lipinski definition) is 1. The molecular weight excluding hydrogens is 270 g/mol. The molecule has 0 bridgehead atoms. The van der Waals surface area contributed by atoms with E-state index in [4.69, 9.17) is 0 Å². The smallest absolute Gasteiger partial charge is 0.140 e. The minimum atomic E-state index is -1.85. The molecule has 1 nitrogen and oxygen atoms in total. The summed E-state index contributed by atoms with van der Waals surface area (Å²) in [6, 6.07) is 23.1. The van der Waals surface area contributed by atoms with Gasteiger partial charge in [-0.1, -0.05) is 66.4 Å². The second-order valence-corrected chi connectivity index (χ2v) is 9.82. The Hall–Kier alpha value is -1.64. The highest BCUT2D eigenvalue weighted by Gasteiger charge is 2.33. The molecule has 2 aromatic rings. The Balaban J connectivity index is 2.39. The van der Waals surface area contributed by atoms with Crippen molar-refractivity contribution in [2.24, 2.45) is 0 Å². The van der Waals surface area contributed by atoms with Crippen LogP contribution in [0, 0.1) is 0 Å². The van der Waals surface area contributed by atoms with Gasteiger partial charge >= 0.3 is 0 Å². The Labute approximate surface area is 129 Å². The maximum atomic E-state index is 4.23. The van der Waals surface area contributed by atoms with Gasteiger partial charge in [0, 0.05) is 0 Å². The summed E-state index contributed by atoms with van der Waals surface area (Å²) in [5, 5.41) is 2.93. The van der Waals surface area contributed by atoms with Gasteiger partial charge < -0.3 is 4.90 Å². The quantitative estimate of drug-likeness (QED) is 0.710. The fourth-order valence-corrected chi connectivity index (χ4v) is 6.81. The van der Waals surface area contributed by atoms with Gasteiger partial charge in [0.25, 0.3) is 0 Å². The second-order valence-electron chi connectivity index (χ2n) is 5.81. The first-order valence-electron chi connectivity index (χ1n) is 7.58. The van der Waals surface area contributed by atoms with Crippen molar-refractivity contribution in [1.29, 1.82) is 0 Å². The Bertz CT molecular complexity index is 509. The summed E-state index contributed by atoms with van der Waals surface area (Å²) in [7, 11) is 2.43. The van der Waals surface area contributed by atoms with E-state index in [-0.39, 0.29) is 0 Å². The van der Waals surface area contributed by atoms with Crippen LogP contribution in [0.15, 0.2) is 72.9 Å². The monoisotopic (exact) mass is 295 g/mol. The lowest BCUT2D eigenvalue weighted by Crippen LogP contribution is -2.57. The Morgan fingerprint density at radius 1 is 0.905 bits per heavy atom. The van der Waals surface area contributed by atoms with E-state index in [0.29, 0.717) is 0 Å². The third-order valence-electron chi connectivity index (χ3n) is 4.10. The number of rotatable bonds is 7. The van der Waals surface area contributed by atoms with Crippen LogP contribution in [0.25, 0.3) is 0 Å². The predicted molar refractivity (Wildman–Crippen MR) is 96.1 cm³/mol. The van der Waals surface area contributed by atoms with Crippen LogP contribution in [0.1, 0.15) is 6.42 Å². The van der Waals surface area contributed by atoms with Gasteiger partial charge in [0.1, 0.15) is 8.07 Å². The van der Waals surface area contributed by atoms with Crippen molar-refractivity contribution >= 4 is 18.4 Å². The predicted octanol–water partition coefficient (Wildman–Crippen LogP) is 2.93. The molecule has 0 atom stereocenters. The lowest BCUT2D eigenvalue weighted by atomic mass is 10.4. The van der Waals surface area contributed by atoms with Crippen molar-refractivity contribution in [3.8, 4) is 0 Å². The maximum absolute atomic E-state index is 4.23. The largest absolute Gasteiger partial charge is 0.309 e. The molecule has 0 fully saturated rings. The highest BCUT2D eigenvalue weighted by atomic mass is 28.3. The van der Waals surface area contributed by atoms with E-state index in [1.54, 1.807) is 0 Å². The molecule has 0 N–H and O–H groups in total. The Kier molecular flexibility index (Phi) is 5.54. The van der Waals surface area contributed by atoms with E-state index in [1.165, 1.54) is 22.8 Å². The Morgan fingerprint density at radius 2 is 1.38 bits per heavy atom. The lowest BCUT2D eigenvalue weighted by Gasteiger charge is -2.30. The summed E-state index contributed by atoms with van der Waals surface area (Å²) in [4.78, 5) is 2.26. The first-order valence-corrected chi connectivity index (χ1v) is 9.87. The average molecular weight is 296 g/mol. The van der Waals surface area contributed by atoms with Gasteiger partial charge in [0.2, 0.25) is 0 Å². The van der Waals surface area contributed by atoms with Crippen molar-refractivity contribution in [1.82, 2.24) is 4.90 Å². The summed E-state index contributed by atoms with van der Waals surface area (Å²) in [5.74, 6) is 0. The molecule has 0 saturated heterocycles. The Morgan fingerprint density at radius 3 is 1.76 bits per heavy atom. The van der Waals surface area contributed by atoms with Crippen LogP contribution in [-0.2, 0) is 0 Å². The molecule has 0 radical (unpaired) electrons. The van der Waals surface area contributed by atoms with Crippen molar-refractivity contribution in [3.05, 3.63) is 72.9 Å². The van der Waals surface area contributed by atoms with E-state index >= 15 is 0 Å². The van der Waals surface area contributed by atoms with E-state index < -0.39 is 8.07 Å². The highest BCUT2D eigenvalue weighted by Crippen LogP contribution is 2.15. The third-order valence-corrected chi connectivity index (χ3v) is 8.67. The zero-order valence-electron chi connectivity index (χ0n) is 13.1. The van der Waals surface area contributed by atoms with Crippen molar-refractivity contribution < 1.29 is 0 Å². The first-order chi connectivity index (χ1) is 10.2. The van der Waals surface area contributed by atoms with Gasteiger partial charge in [-0.05, 0) is 43.5 Å². The molecule has 0 aliphatic carbocycles. The molecule has 0 saturated carbocycles. The fourth-order valence-electron chi connectivity index (χ4n) is 2.94. The fraction of sp³-hybridized carbons (Fsp3) is 0.263. The average Bonchev–Trinajstić information content (AvgIpc) is 2.53. The van der Waals surface area contributed by atoms with Gasteiger partial charge in [0.05, 0.1) is 0 Å². The van der Waals surface area contributed by atoms with Crippen LogP contribution in [0.2, 0.25) is 6.04 Å². The normalized spacial score (nSPS) is 11.6. The summed E-state index contributed by atoms with van der Waals surface area (Å²) < 4.78 is 0. The summed E-state index contributed by atoms with van der Waals surface area (Å²) in [6.07, 6.45) is 1.20. The van der Waals surface area contributed by atoms with Gasteiger partial charge in [-0.25, -0.2) is 0 Å². The zero-order chi connectivity index (χ0) is 15.1. The molecular formula is C19H25NSi. The second kappa shape index (κ2) is 7.39. The van der Waals surface area contributed by atoms with Gasteiger partial charge in [-0.2, -0.15) is 0 Å². The minimum Gasteiger partial charge on any atom is -0.309 e. The highest BCUT2D eigenvalue weighted by molar-refractivity contribution is 7.05. The third kappa shape index (κ3) is 3.72. The number of benzene rings is 2. The SMILES string of the molecule is C=C[Si](CCCN(C)C)(c1ccccc1)c1ccccc1. The van der Waals surface area contributed by atoms with E-state index in [2.05, 4.69) is 91.9 Å². The molecule has 21 heavy (non-hydrogen) atoms. The van der Waals surface area contributed by atoms with Crippen molar-refractivity contribution in [2.45, 2.75) is 12.5 Å². The van der Waals surface area contributed by atoms with Gasteiger partial charge in [-0.3, -0.25) is 0 Å². The first kappa shape index (κ1) is 15.7. The van der Waals surface area contributed by atoms with Crippen LogP contribution in [0.4, 0.5) is 0 Å². The summed E-state index contributed by atoms with van der Waals surface area (Å²) in [6.45, 7) is 5.36. The molecule has 2 heteroatoms. The summed E-state index contributed by atoms with van der Waals surface area (Å²) in [5.41, 5.74) is 2.26. The standard InChI is InChI=1S/C19H25NSi/c1-4-21(17-11-16-20(2)3,18-12-7-5-8-13-18)19-14-9-6-10-15-19/h4-10,12-15H,1,11,16-17H2,2-3H3. The van der Waals surface area contributed by atoms with E-state index in [1.807, 2.05) is 0 Å². The van der Waals surface area contributed by atoms with Crippen LogP contribution >= 0.6 is 0 Å². The molecule has 0 aromatic heterocycles. The van der Waals surface area contributed by atoms with E-state index in [9.17, 15) is 0 Å². The molecule has 2 aromatic carbocycles. The van der Waals surface area contributed by atoms with Crippen LogP contribution in [0.3, 0.4) is 0 Å². The molecule has 0 heterocycles. The zero-order valence-corrected chi connectivity index (χ0v) is 14.1. The van der Waals surface area contributed by atoms with Gasteiger partial charge in [0.15, 0.2) is 0 Å². The molecule has 0 unspecified atom stereocenters. The molecule has 0 aliphatic rings. The minimum absolute atomic E-state index is 1.13. The summed E-state index contributed by atoms with van der Waals surface area (Å²) >= 11 is 0. The van der Waals surface area contributed by atoms with Gasteiger partial charge in [-0.15, -0.1) is 6.58 Å². The molecule has 0 amide bonds. The topological polar surface area (TPSA) is 3.24 Å². The lowest BCUT2D eigenvalue weighted by molar-refractivity contribution is 0.408. The van der Waals surface area contributed by atoms with Crippen molar-refractivity contribution in [3.63, 3.8) is 0 Å². The molecule has 2 rings (SSSR count).